The molecule has 0 radical (unpaired) electrons. The van der Waals surface area contributed by atoms with Crippen molar-refractivity contribution in [3.8, 4) is 6.07 Å². The molecular formula is C11H10NO2W-. The molecule has 1 rings (SSSR count). The van der Waals surface area contributed by atoms with Crippen LogP contribution in [0, 0.1) is 17.4 Å². The van der Waals surface area contributed by atoms with Gasteiger partial charge in [-0.05, 0) is 6.92 Å². The molecule has 0 amide bonds. The second-order valence-electron chi connectivity index (χ2n) is 2.65. The van der Waals surface area contributed by atoms with Gasteiger partial charge in [0.25, 0.3) is 0 Å². The fraction of sp³-hybridized carbons (Fsp3) is 0.273. The summed E-state index contributed by atoms with van der Waals surface area (Å²) in [6, 6.07) is 11.4. The van der Waals surface area contributed by atoms with Gasteiger partial charge in [0.05, 0.1) is 12.7 Å². The molecule has 1 atom stereocenters. The van der Waals surface area contributed by atoms with Crippen LogP contribution in [-0.4, -0.2) is 12.6 Å². The van der Waals surface area contributed by atoms with Gasteiger partial charge >= 0.3 is 5.97 Å². The number of benzene rings is 1. The summed E-state index contributed by atoms with van der Waals surface area (Å²) in [4.78, 5) is 11.3. The van der Waals surface area contributed by atoms with E-state index in [1.807, 2.05) is 6.07 Å². The van der Waals surface area contributed by atoms with Gasteiger partial charge in [-0.2, -0.15) is 35.6 Å². The van der Waals surface area contributed by atoms with Crippen LogP contribution in [0.3, 0.4) is 0 Å². The van der Waals surface area contributed by atoms with E-state index in [0.29, 0.717) is 5.56 Å². The predicted octanol–water partition coefficient (Wildman–Crippen LogP) is 1.65. The molecule has 0 N–H and O–H groups in total. The first kappa shape index (κ1) is 13.9. The molecule has 0 spiro atoms. The molecule has 4 heteroatoms. The first-order valence-electron chi connectivity index (χ1n) is 4.32. The molecule has 0 bridgehead atoms. The summed E-state index contributed by atoms with van der Waals surface area (Å²) in [6.45, 7) is 2.00. The minimum atomic E-state index is -0.829. The largest absolute Gasteiger partial charge is 0.465 e. The molecule has 15 heavy (non-hydrogen) atoms. The van der Waals surface area contributed by atoms with Crippen molar-refractivity contribution in [1.29, 1.82) is 5.26 Å². The van der Waals surface area contributed by atoms with Crippen LogP contribution in [0.2, 0.25) is 0 Å². The minimum absolute atomic E-state index is 0. The van der Waals surface area contributed by atoms with E-state index >= 15 is 0 Å². The molecule has 78 valence electrons. The van der Waals surface area contributed by atoms with Gasteiger partial charge in [-0.1, -0.05) is 0 Å². The normalized spacial score (nSPS) is 10.7. The summed E-state index contributed by atoms with van der Waals surface area (Å²) in [5.74, 6) is -1.33. The van der Waals surface area contributed by atoms with E-state index in [-0.39, 0.29) is 27.7 Å². The molecule has 0 aliphatic carbocycles. The van der Waals surface area contributed by atoms with Crippen molar-refractivity contribution in [3.05, 3.63) is 35.9 Å². The van der Waals surface area contributed by atoms with E-state index in [2.05, 4.69) is 6.07 Å². The number of carbonyl (C=O) groups is 1. The molecule has 1 unspecified atom stereocenters. The van der Waals surface area contributed by atoms with Crippen LogP contribution in [0.4, 0.5) is 0 Å². The predicted molar refractivity (Wildman–Crippen MR) is 50.3 cm³/mol. The summed E-state index contributed by atoms with van der Waals surface area (Å²) >= 11 is 0. The topological polar surface area (TPSA) is 50.1 Å². The average Bonchev–Trinajstić information content (AvgIpc) is 2.21. The van der Waals surface area contributed by atoms with Gasteiger partial charge in [0, 0.05) is 21.1 Å². The van der Waals surface area contributed by atoms with E-state index in [9.17, 15) is 4.79 Å². The molecule has 1 aromatic carbocycles. The second-order valence-corrected chi connectivity index (χ2v) is 2.65. The van der Waals surface area contributed by atoms with E-state index < -0.39 is 11.9 Å². The van der Waals surface area contributed by atoms with Crippen molar-refractivity contribution in [2.75, 3.05) is 6.61 Å². The zero-order valence-corrected chi connectivity index (χ0v) is 11.2. The van der Waals surface area contributed by atoms with Crippen LogP contribution in [0.1, 0.15) is 18.4 Å². The summed E-state index contributed by atoms with van der Waals surface area (Å²) in [5, 5.41) is 8.82. The minimum Gasteiger partial charge on any atom is -0.465 e. The van der Waals surface area contributed by atoms with Crippen LogP contribution in [0.25, 0.3) is 0 Å². The van der Waals surface area contributed by atoms with Gasteiger partial charge in [0.1, 0.15) is 5.92 Å². The third-order valence-corrected chi connectivity index (χ3v) is 1.73. The molecule has 0 aliphatic heterocycles. The van der Waals surface area contributed by atoms with Gasteiger partial charge in [-0.25, -0.2) is 0 Å². The van der Waals surface area contributed by atoms with Crippen LogP contribution < -0.4 is 0 Å². The number of esters is 1. The first-order chi connectivity index (χ1) is 6.79. The molecule has 0 saturated carbocycles. The fourth-order valence-electron chi connectivity index (χ4n) is 1.08. The van der Waals surface area contributed by atoms with Crippen molar-refractivity contribution in [2.24, 2.45) is 0 Å². The quantitative estimate of drug-likeness (QED) is 0.599. The molecule has 3 nitrogen and oxygen atoms in total. The van der Waals surface area contributed by atoms with Crippen molar-refractivity contribution < 1.29 is 30.6 Å². The molecule has 0 saturated heterocycles. The Balaban J connectivity index is 0.00000196. The Morgan fingerprint density at radius 1 is 1.60 bits per heavy atom. The van der Waals surface area contributed by atoms with Crippen molar-refractivity contribution >= 4 is 5.97 Å². The van der Waals surface area contributed by atoms with Gasteiger partial charge in [0.15, 0.2) is 0 Å². The van der Waals surface area contributed by atoms with E-state index in [1.165, 1.54) is 0 Å². The number of nitrogens with zero attached hydrogens (tertiary/aromatic N) is 1. The smallest absolute Gasteiger partial charge is 0.325 e. The SMILES string of the molecule is CCOC(=O)C(C#N)c1cc[c-]cc1.[W]. The molecule has 0 heterocycles. The van der Waals surface area contributed by atoms with Crippen LogP contribution >= 0.6 is 0 Å². The van der Waals surface area contributed by atoms with Gasteiger partial charge in [0.2, 0.25) is 0 Å². The van der Waals surface area contributed by atoms with Crippen molar-refractivity contribution in [3.63, 3.8) is 0 Å². The van der Waals surface area contributed by atoms with Crippen LogP contribution in [0.5, 0.6) is 0 Å². The van der Waals surface area contributed by atoms with E-state index in [1.54, 1.807) is 31.2 Å². The van der Waals surface area contributed by atoms with E-state index in [4.69, 9.17) is 10.00 Å². The van der Waals surface area contributed by atoms with Crippen LogP contribution in [0.15, 0.2) is 24.3 Å². The standard InChI is InChI=1S/C11H10NO2.W/c1-2-14-11(13)10(8-12)9-6-4-3-5-7-9;/h4-7,10H,2H2,1H3;/q-1;. The molecule has 0 aliphatic rings. The maximum atomic E-state index is 11.3. The monoisotopic (exact) mass is 372 g/mol. The van der Waals surface area contributed by atoms with Gasteiger partial charge < -0.3 is 4.74 Å². The Hall–Kier alpha value is -1.13. The van der Waals surface area contributed by atoms with E-state index in [0.717, 1.165) is 0 Å². The second kappa shape index (κ2) is 7.20. The number of carbonyl (C=O) groups excluding carboxylic acids is 1. The zero-order chi connectivity index (χ0) is 10.4. The molecule has 0 fully saturated rings. The Labute approximate surface area is 103 Å². The number of ether oxygens (including phenoxy) is 1. The Bertz CT molecular complexity index is 345. The maximum Gasteiger partial charge on any atom is 0.325 e. The average molecular weight is 372 g/mol. The van der Waals surface area contributed by atoms with Crippen LogP contribution in [-0.2, 0) is 30.6 Å². The van der Waals surface area contributed by atoms with Gasteiger partial charge in [-0.3, -0.25) is 4.79 Å². The Morgan fingerprint density at radius 2 is 2.20 bits per heavy atom. The zero-order valence-electron chi connectivity index (χ0n) is 8.27. The molecule has 1 aromatic rings. The third-order valence-electron chi connectivity index (χ3n) is 1.73. The molecule has 0 aromatic heterocycles. The summed E-state index contributed by atoms with van der Waals surface area (Å²) in [5.41, 5.74) is 0.643. The number of rotatable bonds is 3. The summed E-state index contributed by atoms with van der Waals surface area (Å²) < 4.78 is 4.78. The van der Waals surface area contributed by atoms with Crippen molar-refractivity contribution in [2.45, 2.75) is 12.8 Å². The fourth-order valence-corrected chi connectivity index (χ4v) is 1.08. The summed E-state index contributed by atoms with van der Waals surface area (Å²) in [7, 11) is 0. The Kier molecular flexibility index (Phi) is 6.66. The summed E-state index contributed by atoms with van der Waals surface area (Å²) in [6.07, 6.45) is 0. The van der Waals surface area contributed by atoms with Crippen molar-refractivity contribution in [1.82, 2.24) is 0 Å². The molecular weight excluding hydrogens is 362 g/mol. The van der Waals surface area contributed by atoms with Gasteiger partial charge in [-0.15, -0.1) is 5.56 Å². The number of hydrogen-bond acceptors (Lipinski definition) is 3. The first-order valence-corrected chi connectivity index (χ1v) is 4.32. The Morgan fingerprint density at radius 3 is 2.67 bits per heavy atom. The maximum absolute atomic E-state index is 11.3. The number of hydrogen-bond donors (Lipinski definition) is 0. The number of nitriles is 1. The third kappa shape index (κ3) is 3.85.